The first kappa shape index (κ1) is 20.2. The first-order valence-electron chi connectivity index (χ1n) is 11.8. The van der Waals surface area contributed by atoms with Crippen molar-refractivity contribution in [1.29, 1.82) is 0 Å². The van der Waals surface area contributed by atoms with Crippen LogP contribution in [0.25, 0.3) is 0 Å². The van der Waals surface area contributed by atoms with Crippen LogP contribution in [0.3, 0.4) is 0 Å². The third-order valence-electron chi connectivity index (χ3n) is 7.63. The van der Waals surface area contributed by atoms with E-state index >= 15 is 0 Å². The summed E-state index contributed by atoms with van der Waals surface area (Å²) < 4.78 is 0. The number of amides is 2. The van der Waals surface area contributed by atoms with E-state index in [1.54, 1.807) is 12.4 Å². The summed E-state index contributed by atoms with van der Waals surface area (Å²) in [7, 11) is 0. The van der Waals surface area contributed by atoms with Crippen molar-refractivity contribution in [2.45, 2.75) is 81.8 Å². The molecule has 2 aliphatic carbocycles. The minimum atomic E-state index is -0.402. The number of benzene rings is 1. The summed E-state index contributed by atoms with van der Waals surface area (Å²) in [6.07, 6.45) is 13.1. The number of carbonyl (C=O) groups excluding carboxylic acids is 2. The molecule has 162 valence electrons. The Kier molecular flexibility index (Phi) is 5.51. The highest BCUT2D eigenvalue weighted by Gasteiger charge is 2.56. The van der Waals surface area contributed by atoms with Gasteiger partial charge in [-0.1, -0.05) is 50.3 Å². The maximum atomic E-state index is 13.8. The van der Waals surface area contributed by atoms with Gasteiger partial charge in [-0.15, -0.1) is 0 Å². The topological polar surface area (TPSA) is 62.3 Å². The SMILES string of the molecule is O=C(NCc1ccncc1)C1c2ccccc2C(=O)N(C2CCCC2)C12CCCCC2. The molecule has 0 saturated heterocycles. The van der Waals surface area contributed by atoms with Crippen LogP contribution >= 0.6 is 0 Å². The first-order chi connectivity index (χ1) is 15.2. The maximum Gasteiger partial charge on any atom is 0.254 e. The average Bonchev–Trinajstić information content (AvgIpc) is 3.33. The summed E-state index contributed by atoms with van der Waals surface area (Å²) in [5.74, 6) is -0.131. The fourth-order valence-corrected chi connectivity index (χ4v) is 6.27. The number of fused-ring (bicyclic) bond motifs is 1. The number of nitrogens with one attached hydrogen (secondary N) is 1. The van der Waals surface area contributed by atoms with Crippen molar-refractivity contribution < 1.29 is 9.59 Å². The van der Waals surface area contributed by atoms with Crippen molar-refractivity contribution in [3.05, 3.63) is 65.5 Å². The Labute approximate surface area is 184 Å². The van der Waals surface area contributed by atoms with Gasteiger partial charge in [0.05, 0.1) is 11.5 Å². The minimum absolute atomic E-state index is 0.0432. The molecule has 5 rings (SSSR count). The van der Waals surface area contributed by atoms with Gasteiger partial charge < -0.3 is 10.2 Å². The molecule has 1 aromatic heterocycles. The van der Waals surface area contributed by atoms with Crippen LogP contribution in [0.2, 0.25) is 0 Å². The second-order valence-corrected chi connectivity index (χ2v) is 9.37. The van der Waals surface area contributed by atoms with Gasteiger partial charge in [-0.05, 0) is 55.0 Å². The summed E-state index contributed by atoms with van der Waals surface area (Å²) in [6.45, 7) is 0.480. The number of carbonyl (C=O) groups is 2. The Morgan fingerprint density at radius 3 is 2.45 bits per heavy atom. The van der Waals surface area contributed by atoms with Crippen LogP contribution in [0, 0.1) is 0 Å². The molecule has 2 fully saturated rings. The molecular formula is C26H31N3O2. The number of pyridine rings is 1. The van der Waals surface area contributed by atoms with Crippen LogP contribution in [-0.2, 0) is 11.3 Å². The van der Waals surface area contributed by atoms with Crippen LogP contribution in [0.1, 0.15) is 85.2 Å². The highest BCUT2D eigenvalue weighted by Crippen LogP contribution is 2.51. The van der Waals surface area contributed by atoms with Crippen molar-refractivity contribution in [2.75, 3.05) is 0 Å². The van der Waals surface area contributed by atoms with Gasteiger partial charge in [-0.3, -0.25) is 14.6 Å². The molecule has 1 N–H and O–H groups in total. The number of hydrogen-bond acceptors (Lipinski definition) is 3. The molecule has 3 aliphatic rings. The first-order valence-corrected chi connectivity index (χ1v) is 11.8. The monoisotopic (exact) mass is 417 g/mol. The van der Waals surface area contributed by atoms with Gasteiger partial charge in [0, 0.05) is 30.5 Å². The molecule has 0 radical (unpaired) electrons. The van der Waals surface area contributed by atoms with E-state index in [1.807, 2.05) is 36.4 Å². The van der Waals surface area contributed by atoms with Crippen molar-refractivity contribution in [1.82, 2.24) is 15.2 Å². The van der Waals surface area contributed by atoms with Crippen LogP contribution in [0.15, 0.2) is 48.8 Å². The molecule has 0 bridgehead atoms. The predicted molar refractivity (Wildman–Crippen MR) is 120 cm³/mol. The van der Waals surface area contributed by atoms with Gasteiger partial charge in [-0.25, -0.2) is 0 Å². The number of rotatable bonds is 4. The standard InChI is InChI=1S/C26H31N3O2/c30-24(28-18-19-12-16-27-17-13-19)23-21-10-4-5-11-22(21)25(31)29(20-8-2-3-9-20)26(23)14-6-1-7-15-26/h4-5,10-13,16-17,20,23H,1-3,6-9,14-15,18H2,(H,28,30). The highest BCUT2D eigenvalue weighted by molar-refractivity contribution is 6.02. The third kappa shape index (κ3) is 3.54. The van der Waals surface area contributed by atoms with Crippen molar-refractivity contribution in [2.24, 2.45) is 0 Å². The normalized spacial score (nSPS) is 23.0. The lowest BCUT2D eigenvalue weighted by Gasteiger charge is -2.56. The summed E-state index contributed by atoms with van der Waals surface area (Å²) in [5, 5.41) is 3.20. The lowest BCUT2D eigenvalue weighted by molar-refractivity contribution is -0.128. The van der Waals surface area contributed by atoms with Gasteiger partial charge in [-0.2, -0.15) is 0 Å². The molecule has 2 heterocycles. The van der Waals surface area contributed by atoms with Crippen LogP contribution in [0.4, 0.5) is 0 Å². The Hall–Kier alpha value is -2.69. The van der Waals surface area contributed by atoms with Gasteiger partial charge in [0.25, 0.3) is 5.91 Å². The largest absolute Gasteiger partial charge is 0.351 e. The van der Waals surface area contributed by atoms with Crippen LogP contribution in [-0.4, -0.2) is 33.3 Å². The van der Waals surface area contributed by atoms with E-state index in [1.165, 1.54) is 19.3 Å². The summed E-state index contributed by atoms with van der Waals surface area (Å²) in [5.41, 5.74) is 2.26. The fraction of sp³-hybridized carbons (Fsp3) is 0.500. The summed E-state index contributed by atoms with van der Waals surface area (Å²) >= 11 is 0. The zero-order valence-electron chi connectivity index (χ0n) is 18.1. The van der Waals surface area contributed by atoms with E-state index in [2.05, 4.69) is 15.2 Å². The smallest absolute Gasteiger partial charge is 0.254 e. The minimum Gasteiger partial charge on any atom is -0.351 e. The van der Waals surface area contributed by atoms with Gasteiger partial charge in [0.2, 0.25) is 5.91 Å². The third-order valence-corrected chi connectivity index (χ3v) is 7.63. The molecule has 2 aromatic rings. The van der Waals surface area contributed by atoms with Crippen molar-refractivity contribution in [3.63, 3.8) is 0 Å². The van der Waals surface area contributed by atoms with E-state index in [-0.39, 0.29) is 23.8 Å². The van der Waals surface area contributed by atoms with Crippen molar-refractivity contribution in [3.8, 4) is 0 Å². The maximum absolute atomic E-state index is 13.8. The molecule has 1 atom stereocenters. The molecule has 2 amide bonds. The van der Waals surface area contributed by atoms with Crippen molar-refractivity contribution >= 4 is 11.8 Å². The Bertz CT molecular complexity index is 946. The fourth-order valence-electron chi connectivity index (χ4n) is 6.27. The molecule has 1 aliphatic heterocycles. The molecule has 2 saturated carbocycles. The Morgan fingerprint density at radius 2 is 1.71 bits per heavy atom. The molecular weight excluding hydrogens is 386 g/mol. The van der Waals surface area contributed by atoms with Gasteiger partial charge in [0.1, 0.15) is 0 Å². The summed E-state index contributed by atoms with van der Waals surface area (Å²) in [6, 6.07) is 11.9. The molecule has 1 spiro atoms. The average molecular weight is 418 g/mol. The molecule has 1 aromatic carbocycles. The summed E-state index contributed by atoms with van der Waals surface area (Å²) in [4.78, 5) is 33.9. The van der Waals surface area contributed by atoms with E-state index in [0.29, 0.717) is 6.54 Å². The Morgan fingerprint density at radius 1 is 1.00 bits per heavy atom. The molecule has 1 unspecified atom stereocenters. The number of aromatic nitrogens is 1. The van der Waals surface area contributed by atoms with E-state index in [9.17, 15) is 9.59 Å². The molecule has 5 nitrogen and oxygen atoms in total. The predicted octanol–water partition coefficient (Wildman–Crippen LogP) is 4.58. The number of hydrogen-bond donors (Lipinski definition) is 1. The van der Waals surface area contributed by atoms with E-state index in [4.69, 9.17) is 0 Å². The van der Waals surface area contributed by atoms with E-state index in [0.717, 1.165) is 55.2 Å². The number of nitrogens with zero attached hydrogens (tertiary/aromatic N) is 2. The van der Waals surface area contributed by atoms with Crippen LogP contribution in [0.5, 0.6) is 0 Å². The Balaban J connectivity index is 1.56. The second kappa shape index (κ2) is 8.45. The second-order valence-electron chi connectivity index (χ2n) is 9.37. The zero-order valence-corrected chi connectivity index (χ0v) is 18.1. The molecule has 5 heteroatoms. The lowest BCUT2D eigenvalue weighted by atomic mass is 9.64. The van der Waals surface area contributed by atoms with Crippen LogP contribution < -0.4 is 5.32 Å². The van der Waals surface area contributed by atoms with Gasteiger partial charge >= 0.3 is 0 Å². The lowest BCUT2D eigenvalue weighted by Crippen LogP contribution is -2.65. The highest BCUT2D eigenvalue weighted by atomic mass is 16.2. The molecule has 31 heavy (non-hydrogen) atoms. The van der Waals surface area contributed by atoms with E-state index < -0.39 is 5.54 Å². The van der Waals surface area contributed by atoms with Gasteiger partial charge in [0.15, 0.2) is 0 Å². The zero-order chi connectivity index (χ0) is 21.3. The quantitative estimate of drug-likeness (QED) is 0.792.